The second-order valence-electron chi connectivity index (χ2n) is 10.2. The Morgan fingerprint density at radius 1 is 1.14 bits per heavy atom. The molecule has 8 heteroatoms. The van der Waals surface area contributed by atoms with Crippen molar-refractivity contribution in [1.29, 1.82) is 0 Å². The Bertz CT molecular complexity index is 1200. The minimum Gasteiger partial charge on any atom is -0.497 e. The molecule has 7 nitrogen and oxygen atoms in total. The third-order valence-corrected chi connectivity index (χ3v) is 6.98. The molecule has 1 amide bonds. The van der Waals surface area contributed by atoms with Crippen LogP contribution in [0.25, 0.3) is 11.4 Å². The first-order valence-electron chi connectivity index (χ1n) is 13.2. The van der Waals surface area contributed by atoms with Crippen LogP contribution in [0.4, 0.5) is 10.2 Å². The van der Waals surface area contributed by atoms with Gasteiger partial charge in [0.1, 0.15) is 23.2 Å². The van der Waals surface area contributed by atoms with Crippen LogP contribution in [-0.4, -0.2) is 59.0 Å². The first-order valence-corrected chi connectivity index (χ1v) is 13.2. The van der Waals surface area contributed by atoms with E-state index in [1.54, 1.807) is 26.3 Å². The van der Waals surface area contributed by atoms with Gasteiger partial charge in [0, 0.05) is 56.1 Å². The SMILES string of the molecule is COc1ccnc(N2CCN(C(=O)CCCc3[nH]c(-c4ccc(F)c(C)c4)nc3CCC(C)C)CC2)c1. The fraction of sp³-hybridized carbons (Fsp3) is 0.483. The molecule has 3 aromatic rings. The highest BCUT2D eigenvalue weighted by atomic mass is 19.1. The topological polar surface area (TPSA) is 74.3 Å². The molecule has 1 aliphatic rings. The number of aromatic amines is 1. The zero-order valence-corrected chi connectivity index (χ0v) is 22.4. The van der Waals surface area contributed by atoms with Crippen LogP contribution in [-0.2, 0) is 17.6 Å². The van der Waals surface area contributed by atoms with Gasteiger partial charge < -0.3 is 19.5 Å². The molecule has 0 radical (unpaired) electrons. The second kappa shape index (κ2) is 12.2. The molecule has 0 unspecified atom stereocenters. The van der Waals surface area contributed by atoms with Crippen molar-refractivity contribution in [2.75, 3.05) is 38.2 Å². The molecule has 1 aromatic carbocycles. The van der Waals surface area contributed by atoms with E-state index in [1.165, 1.54) is 6.07 Å². The average molecular weight is 508 g/mol. The average Bonchev–Trinajstić information content (AvgIpc) is 3.32. The molecule has 0 atom stereocenters. The van der Waals surface area contributed by atoms with Crippen LogP contribution in [0, 0.1) is 18.7 Å². The van der Waals surface area contributed by atoms with Gasteiger partial charge in [-0.3, -0.25) is 4.79 Å². The Hall–Kier alpha value is -3.42. The number of anilines is 1. The van der Waals surface area contributed by atoms with E-state index in [0.717, 1.165) is 73.1 Å². The number of imidazole rings is 1. The highest BCUT2D eigenvalue weighted by Crippen LogP contribution is 2.24. The van der Waals surface area contributed by atoms with E-state index in [-0.39, 0.29) is 11.7 Å². The van der Waals surface area contributed by atoms with Gasteiger partial charge in [-0.1, -0.05) is 13.8 Å². The van der Waals surface area contributed by atoms with Crippen LogP contribution in [0.15, 0.2) is 36.5 Å². The normalized spacial score (nSPS) is 13.9. The van der Waals surface area contributed by atoms with Gasteiger partial charge in [-0.05, 0) is 68.4 Å². The van der Waals surface area contributed by atoms with E-state index in [2.05, 4.69) is 28.7 Å². The summed E-state index contributed by atoms with van der Waals surface area (Å²) in [7, 11) is 1.65. The molecule has 0 saturated carbocycles. The number of hydrogen-bond donors (Lipinski definition) is 1. The van der Waals surface area contributed by atoms with Gasteiger partial charge in [-0.15, -0.1) is 0 Å². The van der Waals surface area contributed by atoms with Crippen LogP contribution in [0.5, 0.6) is 5.75 Å². The number of methoxy groups -OCH3 is 1. The zero-order valence-electron chi connectivity index (χ0n) is 22.4. The van der Waals surface area contributed by atoms with Crippen molar-refractivity contribution in [2.24, 2.45) is 5.92 Å². The smallest absolute Gasteiger partial charge is 0.222 e. The Balaban J connectivity index is 1.33. The highest BCUT2D eigenvalue weighted by Gasteiger charge is 2.22. The largest absolute Gasteiger partial charge is 0.497 e. The number of piperazine rings is 1. The van der Waals surface area contributed by atoms with Crippen molar-refractivity contribution >= 4 is 11.7 Å². The molecule has 3 heterocycles. The third-order valence-electron chi connectivity index (χ3n) is 6.98. The van der Waals surface area contributed by atoms with Gasteiger partial charge in [-0.25, -0.2) is 14.4 Å². The maximum atomic E-state index is 13.8. The number of hydrogen-bond acceptors (Lipinski definition) is 5. The summed E-state index contributed by atoms with van der Waals surface area (Å²) in [6.45, 7) is 9.07. The van der Waals surface area contributed by atoms with Crippen molar-refractivity contribution in [3.8, 4) is 17.1 Å². The lowest BCUT2D eigenvalue weighted by Crippen LogP contribution is -2.49. The van der Waals surface area contributed by atoms with Crippen LogP contribution in [0.2, 0.25) is 0 Å². The van der Waals surface area contributed by atoms with E-state index < -0.39 is 0 Å². The van der Waals surface area contributed by atoms with Gasteiger partial charge in [0.2, 0.25) is 5.91 Å². The molecule has 0 spiro atoms. The van der Waals surface area contributed by atoms with Crippen LogP contribution >= 0.6 is 0 Å². The third kappa shape index (κ3) is 6.87. The van der Waals surface area contributed by atoms with Crippen LogP contribution < -0.4 is 9.64 Å². The molecule has 1 saturated heterocycles. The predicted octanol–water partition coefficient (Wildman–Crippen LogP) is 5.19. The van der Waals surface area contributed by atoms with Gasteiger partial charge in [0.25, 0.3) is 0 Å². The first kappa shape index (κ1) is 26.6. The van der Waals surface area contributed by atoms with E-state index in [0.29, 0.717) is 31.0 Å². The second-order valence-corrected chi connectivity index (χ2v) is 10.2. The number of carbonyl (C=O) groups is 1. The number of amides is 1. The number of halogens is 1. The standard InChI is InChI=1S/C29H38FN5O2/c1-20(2)8-11-26-25(32-29(33-26)22-9-10-24(30)21(3)18-22)6-5-7-28(36)35-16-14-34(15-17-35)27-19-23(37-4)12-13-31-27/h9-10,12-13,18-20H,5-8,11,14-17H2,1-4H3,(H,32,33). The Kier molecular flexibility index (Phi) is 8.79. The van der Waals surface area contributed by atoms with Gasteiger partial charge in [0.05, 0.1) is 12.8 Å². The number of benzene rings is 1. The van der Waals surface area contributed by atoms with Crippen LogP contribution in [0.1, 0.15) is 50.1 Å². The highest BCUT2D eigenvalue weighted by molar-refractivity contribution is 5.76. The maximum absolute atomic E-state index is 13.8. The summed E-state index contributed by atoms with van der Waals surface area (Å²) >= 11 is 0. The monoisotopic (exact) mass is 507 g/mol. The summed E-state index contributed by atoms with van der Waals surface area (Å²) in [6.07, 6.45) is 5.71. The van der Waals surface area contributed by atoms with Crippen LogP contribution in [0.3, 0.4) is 0 Å². The van der Waals surface area contributed by atoms with Gasteiger partial charge in [-0.2, -0.15) is 0 Å². The maximum Gasteiger partial charge on any atom is 0.222 e. The van der Waals surface area contributed by atoms with E-state index in [4.69, 9.17) is 9.72 Å². The molecule has 1 fully saturated rings. The fourth-order valence-electron chi connectivity index (χ4n) is 4.67. The molecular formula is C29H38FN5O2. The quantitative estimate of drug-likeness (QED) is 0.409. The van der Waals surface area contributed by atoms with E-state index in [9.17, 15) is 9.18 Å². The summed E-state index contributed by atoms with van der Waals surface area (Å²) in [5.74, 6) is 2.99. The van der Waals surface area contributed by atoms with Gasteiger partial charge >= 0.3 is 0 Å². The molecule has 1 N–H and O–H groups in total. The van der Waals surface area contributed by atoms with Crippen molar-refractivity contribution in [3.63, 3.8) is 0 Å². The number of carbonyl (C=O) groups excluding carboxylic acids is 1. The fourth-order valence-corrected chi connectivity index (χ4v) is 4.67. The molecule has 1 aliphatic heterocycles. The molecule has 37 heavy (non-hydrogen) atoms. The summed E-state index contributed by atoms with van der Waals surface area (Å²) in [6, 6.07) is 8.85. The number of H-pyrrole nitrogens is 1. The lowest BCUT2D eigenvalue weighted by atomic mass is 10.0. The van der Waals surface area contributed by atoms with Gasteiger partial charge in [0.15, 0.2) is 0 Å². The number of aromatic nitrogens is 3. The number of pyridine rings is 1. The minimum absolute atomic E-state index is 0.191. The molecular weight excluding hydrogens is 469 g/mol. The first-order chi connectivity index (χ1) is 17.8. The van der Waals surface area contributed by atoms with E-state index in [1.807, 2.05) is 23.1 Å². The predicted molar refractivity (Wildman–Crippen MR) is 144 cm³/mol. The zero-order chi connectivity index (χ0) is 26.4. The van der Waals surface area contributed by atoms with Crippen molar-refractivity contribution < 1.29 is 13.9 Å². The number of aryl methyl sites for hydroxylation is 3. The lowest BCUT2D eigenvalue weighted by molar-refractivity contribution is -0.131. The Morgan fingerprint density at radius 3 is 2.62 bits per heavy atom. The summed E-state index contributed by atoms with van der Waals surface area (Å²) in [5.41, 5.74) is 3.62. The minimum atomic E-state index is -0.213. The lowest BCUT2D eigenvalue weighted by Gasteiger charge is -2.35. The van der Waals surface area contributed by atoms with Crippen molar-refractivity contribution in [3.05, 3.63) is 59.3 Å². The summed E-state index contributed by atoms with van der Waals surface area (Å²) in [4.78, 5) is 29.9. The van der Waals surface area contributed by atoms with E-state index >= 15 is 0 Å². The molecule has 0 aliphatic carbocycles. The molecule has 4 rings (SSSR count). The number of nitrogens with one attached hydrogen (secondary N) is 1. The number of nitrogens with zero attached hydrogens (tertiary/aromatic N) is 4. The summed E-state index contributed by atoms with van der Waals surface area (Å²) in [5, 5.41) is 0. The molecule has 2 aromatic heterocycles. The van der Waals surface area contributed by atoms with Crippen molar-refractivity contribution in [2.45, 2.75) is 52.9 Å². The molecule has 0 bridgehead atoms. The van der Waals surface area contributed by atoms with Crippen molar-refractivity contribution in [1.82, 2.24) is 19.9 Å². The summed E-state index contributed by atoms with van der Waals surface area (Å²) < 4.78 is 19.1. The number of ether oxygens (including phenoxy) is 1. The molecule has 198 valence electrons. The number of rotatable bonds is 10. The Labute approximate surface area is 219 Å². The Morgan fingerprint density at radius 2 is 1.92 bits per heavy atom.